The molecule has 4 N–H and O–H groups in total. The Morgan fingerprint density at radius 2 is 1.24 bits per heavy atom. The molecule has 6 nitrogen and oxygen atoms in total. The van der Waals surface area contributed by atoms with Crippen molar-refractivity contribution < 1.29 is 17.7 Å². The van der Waals surface area contributed by atoms with E-state index >= 15 is 0 Å². The minimum Gasteiger partial charge on any atom is -0.355 e. The quantitative estimate of drug-likeness (QED) is 0.501. The molecule has 0 aromatic carbocycles. The lowest BCUT2D eigenvalue weighted by Crippen LogP contribution is -2.52. The van der Waals surface area contributed by atoms with E-state index in [9.17, 15) is 0 Å². The first kappa shape index (κ1) is 21.0. The third-order valence-corrected chi connectivity index (χ3v) is 5.55. The minimum absolute atomic E-state index is 0.0531. The van der Waals surface area contributed by atoms with E-state index < -0.39 is 9.05 Å². The van der Waals surface area contributed by atoms with Crippen molar-refractivity contribution in [2.45, 2.75) is 59.0 Å². The first-order chi connectivity index (χ1) is 9.92. The van der Waals surface area contributed by atoms with Crippen LogP contribution in [0.3, 0.4) is 0 Å². The summed E-state index contributed by atoms with van der Waals surface area (Å²) in [5.41, 5.74) is 11.8. The zero-order chi connectivity index (χ0) is 16.3. The van der Waals surface area contributed by atoms with Gasteiger partial charge in [0.2, 0.25) is 0 Å². The third-order valence-electron chi connectivity index (χ3n) is 3.49. The Morgan fingerprint density at radius 1 is 0.810 bits per heavy atom. The minimum atomic E-state index is -3.17. The molecule has 0 aliphatic rings. The SMILES string of the molecule is CCC(C)CO[Si](OC)(OCC(N)CC)OCC(N)CC. The van der Waals surface area contributed by atoms with Gasteiger partial charge in [0.1, 0.15) is 0 Å². The molecule has 0 saturated heterocycles. The topological polar surface area (TPSA) is 89.0 Å². The van der Waals surface area contributed by atoms with Gasteiger partial charge in [0.15, 0.2) is 0 Å². The maximum atomic E-state index is 5.90. The number of rotatable bonds is 13. The lowest BCUT2D eigenvalue weighted by atomic mass is 10.1. The largest absolute Gasteiger partial charge is 0.679 e. The van der Waals surface area contributed by atoms with Crippen molar-refractivity contribution in [1.29, 1.82) is 0 Å². The molecule has 3 atom stereocenters. The number of nitrogens with two attached hydrogens (primary N) is 2. The van der Waals surface area contributed by atoms with Crippen molar-refractivity contribution in [1.82, 2.24) is 0 Å². The van der Waals surface area contributed by atoms with E-state index in [2.05, 4.69) is 13.8 Å². The normalized spacial score (nSPS) is 19.0. The highest BCUT2D eigenvalue weighted by atomic mass is 28.4. The van der Waals surface area contributed by atoms with Gasteiger partial charge in [-0.05, 0) is 18.8 Å². The monoisotopic (exact) mass is 322 g/mol. The smallest absolute Gasteiger partial charge is 0.355 e. The van der Waals surface area contributed by atoms with Crippen LogP contribution in [0.25, 0.3) is 0 Å². The molecule has 0 amide bonds. The van der Waals surface area contributed by atoms with E-state index in [-0.39, 0.29) is 12.1 Å². The van der Waals surface area contributed by atoms with E-state index in [4.69, 9.17) is 29.2 Å². The lowest BCUT2D eigenvalue weighted by Gasteiger charge is -2.29. The van der Waals surface area contributed by atoms with Gasteiger partial charge in [-0.2, -0.15) is 0 Å². The van der Waals surface area contributed by atoms with Crippen molar-refractivity contribution in [3.05, 3.63) is 0 Å². The van der Waals surface area contributed by atoms with Crippen LogP contribution in [0.2, 0.25) is 0 Å². The number of hydrogen-bond donors (Lipinski definition) is 2. The van der Waals surface area contributed by atoms with Gasteiger partial charge in [-0.25, -0.2) is 0 Å². The van der Waals surface area contributed by atoms with Gasteiger partial charge in [0, 0.05) is 25.8 Å². The van der Waals surface area contributed by atoms with Gasteiger partial charge in [-0.1, -0.05) is 34.1 Å². The molecule has 0 rings (SSSR count). The fourth-order valence-electron chi connectivity index (χ4n) is 1.32. The Balaban J connectivity index is 4.65. The average Bonchev–Trinajstić information content (AvgIpc) is 2.53. The first-order valence-corrected chi connectivity index (χ1v) is 9.54. The van der Waals surface area contributed by atoms with E-state index in [1.807, 2.05) is 13.8 Å². The molecule has 0 aliphatic carbocycles. The molecular weight excluding hydrogens is 288 g/mol. The predicted molar refractivity (Wildman–Crippen MR) is 86.6 cm³/mol. The summed E-state index contributed by atoms with van der Waals surface area (Å²) < 4.78 is 23.0. The molecule has 0 aromatic heterocycles. The van der Waals surface area contributed by atoms with Crippen LogP contribution >= 0.6 is 0 Å². The lowest BCUT2D eigenvalue weighted by molar-refractivity contribution is -0.0338. The second kappa shape index (κ2) is 11.5. The Kier molecular flexibility index (Phi) is 11.5. The first-order valence-electron chi connectivity index (χ1n) is 7.91. The molecule has 0 aromatic rings. The summed E-state index contributed by atoms with van der Waals surface area (Å²) in [4.78, 5) is 0. The Hall–Kier alpha value is -0.0231. The zero-order valence-corrected chi connectivity index (χ0v) is 15.3. The Labute approximate surface area is 130 Å². The molecule has 3 unspecified atom stereocenters. The van der Waals surface area contributed by atoms with Gasteiger partial charge in [0.25, 0.3) is 0 Å². The van der Waals surface area contributed by atoms with Gasteiger partial charge < -0.3 is 29.2 Å². The molecule has 21 heavy (non-hydrogen) atoms. The Bertz CT molecular complexity index is 223. The predicted octanol–water partition coefficient (Wildman–Crippen LogP) is 1.64. The van der Waals surface area contributed by atoms with E-state index in [1.165, 1.54) is 0 Å². The highest BCUT2D eigenvalue weighted by molar-refractivity contribution is 6.53. The van der Waals surface area contributed by atoms with Gasteiger partial charge >= 0.3 is 9.05 Å². The molecule has 0 radical (unpaired) electrons. The summed E-state index contributed by atoms with van der Waals surface area (Å²) in [7, 11) is -1.61. The molecule has 0 saturated carbocycles. The standard InChI is InChI=1S/C14H34N2O4Si/c1-6-12(4)9-18-21(17-5,19-10-13(15)7-2)20-11-14(16)8-3/h12-14H,6-11,15-16H2,1-5H3. The third kappa shape index (κ3) is 8.87. The second-order valence-electron chi connectivity index (χ2n) is 5.49. The van der Waals surface area contributed by atoms with Gasteiger partial charge in [-0.3, -0.25) is 0 Å². The van der Waals surface area contributed by atoms with Crippen molar-refractivity contribution in [2.24, 2.45) is 17.4 Å². The fourth-order valence-corrected chi connectivity index (χ4v) is 3.25. The highest BCUT2D eigenvalue weighted by Gasteiger charge is 2.45. The van der Waals surface area contributed by atoms with Crippen LogP contribution in [0.4, 0.5) is 0 Å². The number of hydrogen-bond acceptors (Lipinski definition) is 6. The van der Waals surface area contributed by atoms with Crippen LogP contribution in [0.15, 0.2) is 0 Å². The zero-order valence-electron chi connectivity index (χ0n) is 14.3. The van der Waals surface area contributed by atoms with Crippen LogP contribution in [-0.2, 0) is 17.7 Å². The summed E-state index contributed by atoms with van der Waals surface area (Å²) in [6.45, 7) is 9.52. The van der Waals surface area contributed by atoms with Crippen LogP contribution in [-0.4, -0.2) is 48.1 Å². The maximum Gasteiger partial charge on any atom is 0.679 e. The van der Waals surface area contributed by atoms with E-state index in [1.54, 1.807) is 7.11 Å². The van der Waals surface area contributed by atoms with Crippen LogP contribution < -0.4 is 11.5 Å². The average molecular weight is 323 g/mol. The molecule has 128 valence electrons. The summed E-state index contributed by atoms with van der Waals surface area (Å²) in [6.07, 6.45) is 2.68. The molecule has 0 bridgehead atoms. The molecule has 7 heteroatoms. The van der Waals surface area contributed by atoms with Crippen LogP contribution in [0.5, 0.6) is 0 Å². The molecular formula is C14H34N2O4Si. The summed E-state index contributed by atoms with van der Waals surface area (Å²) in [6, 6.07) is -0.106. The van der Waals surface area contributed by atoms with Crippen molar-refractivity contribution >= 4 is 9.05 Å². The summed E-state index contributed by atoms with van der Waals surface area (Å²) in [5, 5.41) is 0. The van der Waals surface area contributed by atoms with E-state index in [0.717, 1.165) is 19.3 Å². The van der Waals surface area contributed by atoms with E-state index in [0.29, 0.717) is 25.7 Å². The maximum absolute atomic E-state index is 5.90. The second-order valence-corrected chi connectivity index (χ2v) is 7.76. The Morgan fingerprint density at radius 3 is 1.57 bits per heavy atom. The fraction of sp³-hybridized carbons (Fsp3) is 1.00. The molecule has 0 spiro atoms. The molecule has 0 aliphatic heterocycles. The van der Waals surface area contributed by atoms with Crippen molar-refractivity contribution in [2.75, 3.05) is 26.9 Å². The van der Waals surface area contributed by atoms with Crippen molar-refractivity contribution in [3.8, 4) is 0 Å². The molecule has 0 heterocycles. The van der Waals surface area contributed by atoms with Crippen LogP contribution in [0.1, 0.15) is 47.0 Å². The highest BCUT2D eigenvalue weighted by Crippen LogP contribution is 2.15. The molecule has 0 fully saturated rings. The van der Waals surface area contributed by atoms with Gasteiger partial charge in [0.05, 0.1) is 13.2 Å². The van der Waals surface area contributed by atoms with Crippen molar-refractivity contribution in [3.63, 3.8) is 0 Å². The van der Waals surface area contributed by atoms with Gasteiger partial charge in [-0.15, -0.1) is 0 Å². The summed E-state index contributed by atoms with van der Waals surface area (Å²) in [5.74, 6) is 0.416. The summed E-state index contributed by atoms with van der Waals surface area (Å²) >= 11 is 0. The van der Waals surface area contributed by atoms with Crippen LogP contribution in [0, 0.1) is 5.92 Å².